The SMILES string of the molecule is Cc1ccc(O)c(C(=O)Nc2ccccc2OCC#N)c1. The molecule has 0 atom stereocenters. The number of amides is 1. The summed E-state index contributed by atoms with van der Waals surface area (Å²) in [4.78, 5) is 12.2. The van der Waals surface area contributed by atoms with Crippen LogP contribution in [-0.2, 0) is 0 Å². The number of rotatable bonds is 4. The van der Waals surface area contributed by atoms with Gasteiger partial charge in [0, 0.05) is 0 Å². The van der Waals surface area contributed by atoms with Crippen LogP contribution in [0.3, 0.4) is 0 Å². The van der Waals surface area contributed by atoms with Crippen LogP contribution in [-0.4, -0.2) is 17.6 Å². The van der Waals surface area contributed by atoms with Crippen molar-refractivity contribution in [1.29, 1.82) is 5.26 Å². The van der Waals surface area contributed by atoms with E-state index in [2.05, 4.69) is 5.32 Å². The molecule has 0 heterocycles. The molecular formula is C16H14N2O3. The predicted molar refractivity (Wildman–Crippen MR) is 78.3 cm³/mol. The van der Waals surface area contributed by atoms with Crippen LogP contribution in [0.25, 0.3) is 0 Å². The highest BCUT2D eigenvalue weighted by Gasteiger charge is 2.13. The number of hydrogen-bond acceptors (Lipinski definition) is 4. The van der Waals surface area contributed by atoms with Gasteiger partial charge in [0.05, 0.1) is 11.3 Å². The highest BCUT2D eigenvalue weighted by atomic mass is 16.5. The molecule has 0 aliphatic heterocycles. The zero-order valence-electron chi connectivity index (χ0n) is 11.5. The molecular weight excluding hydrogens is 268 g/mol. The van der Waals surface area contributed by atoms with Crippen molar-refractivity contribution in [3.05, 3.63) is 53.6 Å². The number of para-hydroxylation sites is 2. The van der Waals surface area contributed by atoms with Crippen LogP contribution in [0.5, 0.6) is 11.5 Å². The molecule has 2 rings (SSSR count). The summed E-state index contributed by atoms with van der Waals surface area (Å²) >= 11 is 0. The second-order valence-electron chi connectivity index (χ2n) is 4.42. The molecule has 106 valence electrons. The van der Waals surface area contributed by atoms with Crippen LogP contribution < -0.4 is 10.1 Å². The van der Waals surface area contributed by atoms with E-state index in [-0.39, 0.29) is 17.9 Å². The summed E-state index contributed by atoms with van der Waals surface area (Å²) < 4.78 is 5.24. The third kappa shape index (κ3) is 3.51. The number of aromatic hydroxyl groups is 1. The van der Waals surface area contributed by atoms with Crippen LogP contribution in [0.1, 0.15) is 15.9 Å². The number of carbonyl (C=O) groups excluding carboxylic acids is 1. The largest absolute Gasteiger partial charge is 0.507 e. The van der Waals surface area contributed by atoms with E-state index in [1.807, 2.05) is 13.0 Å². The standard InChI is InChI=1S/C16H14N2O3/c1-11-6-7-14(19)12(10-11)16(20)18-13-4-2-3-5-15(13)21-9-8-17/h2-7,10,19H,9H2,1H3,(H,18,20). The van der Waals surface area contributed by atoms with E-state index in [1.165, 1.54) is 6.07 Å². The van der Waals surface area contributed by atoms with Gasteiger partial charge in [-0.3, -0.25) is 4.79 Å². The lowest BCUT2D eigenvalue weighted by Gasteiger charge is -2.11. The van der Waals surface area contributed by atoms with Crippen molar-refractivity contribution in [2.75, 3.05) is 11.9 Å². The Balaban J connectivity index is 2.24. The topological polar surface area (TPSA) is 82.3 Å². The van der Waals surface area contributed by atoms with Crippen LogP contribution in [0.2, 0.25) is 0 Å². The minimum atomic E-state index is -0.441. The Bertz CT molecular complexity index is 705. The first kappa shape index (κ1) is 14.4. The van der Waals surface area contributed by atoms with Gasteiger partial charge in [0.2, 0.25) is 0 Å². The average Bonchev–Trinajstić information content (AvgIpc) is 2.48. The van der Waals surface area contributed by atoms with Gasteiger partial charge in [-0.05, 0) is 31.2 Å². The lowest BCUT2D eigenvalue weighted by Crippen LogP contribution is -2.13. The highest BCUT2D eigenvalue weighted by Crippen LogP contribution is 2.26. The molecule has 2 aromatic carbocycles. The van der Waals surface area contributed by atoms with Gasteiger partial charge in [-0.2, -0.15) is 5.26 Å². The molecule has 0 fully saturated rings. The predicted octanol–water partition coefficient (Wildman–Crippen LogP) is 2.86. The van der Waals surface area contributed by atoms with E-state index in [0.29, 0.717) is 11.4 Å². The van der Waals surface area contributed by atoms with Crippen molar-refractivity contribution in [1.82, 2.24) is 0 Å². The number of ether oxygens (including phenoxy) is 1. The van der Waals surface area contributed by atoms with Crippen molar-refractivity contribution < 1.29 is 14.6 Å². The summed E-state index contributed by atoms with van der Waals surface area (Å²) in [5, 5.41) is 21.0. The molecule has 0 radical (unpaired) electrons. The Morgan fingerprint density at radius 1 is 1.33 bits per heavy atom. The Morgan fingerprint density at radius 3 is 2.86 bits per heavy atom. The molecule has 21 heavy (non-hydrogen) atoms. The molecule has 0 saturated heterocycles. The van der Waals surface area contributed by atoms with E-state index >= 15 is 0 Å². The van der Waals surface area contributed by atoms with Gasteiger partial charge in [-0.15, -0.1) is 0 Å². The number of phenols is 1. The van der Waals surface area contributed by atoms with E-state index in [4.69, 9.17) is 10.00 Å². The second kappa shape index (κ2) is 6.44. The summed E-state index contributed by atoms with van der Waals surface area (Å²) in [5.41, 5.74) is 1.50. The monoisotopic (exact) mass is 282 g/mol. The van der Waals surface area contributed by atoms with Crippen LogP contribution in [0.4, 0.5) is 5.69 Å². The van der Waals surface area contributed by atoms with Gasteiger partial charge in [-0.1, -0.05) is 23.8 Å². The average molecular weight is 282 g/mol. The number of aryl methyl sites for hydroxylation is 1. The summed E-state index contributed by atoms with van der Waals surface area (Å²) in [5.74, 6) is -0.128. The number of anilines is 1. The molecule has 5 nitrogen and oxygen atoms in total. The number of nitriles is 1. The molecule has 5 heteroatoms. The first-order valence-electron chi connectivity index (χ1n) is 6.31. The Hall–Kier alpha value is -3.00. The first-order valence-corrected chi connectivity index (χ1v) is 6.31. The molecule has 2 N–H and O–H groups in total. The van der Waals surface area contributed by atoms with Gasteiger partial charge < -0.3 is 15.2 Å². The smallest absolute Gasteiger partial charge is 0.259 e. The summed E-state index contributed by atoms with van der Waals surface area (Å²) in [7, 11) is 0. The number of nitrogens with one attached hydrogen (secondary N) is 1. The maximum absolute atomic E-state index is 12.2. The van der Waals surface area contributed by atoms with Gasteiger partial charge in [0.25, 0.3) is 5.91 Å². The van der Waals surface area contributed by atoms with Crippen molar-refractivity contribution in [3.8, 4) is 17.6 Å². The Labute approximate surface area is 122 Å². The Morgan fingerprint density at radius 2 is 2.10 bits per heavy atom. The third-order valence-electron chi connectivity index (χ3n) is 2.82. The third-order valence-corrected chi connectivity index (χ3v) is 2.82. The fourth-order valence-corrected chi connectivity index (χ4v) is 1.83. The van der Waals surface area contributed by atoms with Crippen molar-refractivity contribution in [3.63, 3.8) is 0 Å². The first-order chi connectivity index (χ1) is 10.1. The van der Waals surface area contributed by atoms with Crippen LogP contribution in [0.15, 0.2) is 42.5 Å². The molecule has 2 aromatic rings. The number of nitrogens with zero attached hydrogens (tertiary/aromatic N) is 1. The lowest BCUT2D eigenvalue weighted by atomic mass is 10.1. The number of phenolic OH excluding ortho intramolecular Hbond substituents is 1. The number of carbonyl (C=O) groups is 1. The van der Waals surface area contributed by atoms with Gasteiger partial charge in [0.15, 0.2) is 6.61 Å². The minimum absolute atomic E-state index is 0.0893. The molecule has 0 unspecified atom stereocenters. The fraction of sp³-hybridized carbons (Fsp3) is 0.125. The van der Waals surface area contributed by atoms with Crippen molar-refractivity contribution >= 4 is 11.6 Å². The van der Waals surface area contributed by atoms with E-state index in [0.717, 1.165) is 5.56 Å². The zero-order valence-corrected chi connectivity index (χ0v) is 11.5. The summed E-state index contributed by atoms with van der Waals surface area (Å²) in [6.07, 6.45) is 0. The quantitative estimate of drug-likeness (QED) is 0.903. The Kier molecular flexibility index (Phi) is 4.42. The molecule has 0 aliphatic carbocycles. The number of hydrogen-bond donors (Lipinski definition) is 2. The lowest BCUT2D eigenvalue weighted by molar-refractivity contribution is 0.102. The van der Waals surface area contributed by atoms with E-state index < -0.39 is 5.91 Å². The van der Waals surface area contributed by atoms with E-state index in [9.17, 15) is 9.90 Å². The normalized spacial score (nSPS) is 9.71. The summed E-state index contributed by atoms with van der Waals surface area (Å²) in [6, 6.07) is 13.5. The second-order valence-corrected chi connectivity index (χ2v) is 4.42. The number of benzene rings is 2. The molecule has 0 aromatic heterocycles. The van der Waals surface area contributed by atoms with Gasteiger partial charge in [-0.25, -0.2) is 0 Å². The maximum atomic E-state index is 12.2. The zero-order chi connectivity index (χ0) is 15.2. The van der Waals surface area contributed by atoms with Gasteiger partial charge in [0.1, 0.15) is 17.6 Å². The molecule has 1 amide bonds. The van der Waals surface area contributed by atoms with E-state index in [1.54, 1.807) is 36.4 Å². The van der Waals surface area contributed by atoms with Crippen molar-refractivity contribution in [2.45, 2.75) is 6.92 Å². The summed E-state index contributed by atoms with van der Waals surface area (Å²) in [6.45, 7) is 1.72. The maximum Gasteiger partial charge on any atom is 0.259 e. The molecule has 0 spiro atoms. The van der Waals surface area contributed by atoms with Crippen LogP contribution >= 0.6 is 0 Å². The molecule has 0 aliphatic rings. The molecule has 0 bridgehead atoms. The molecule has 0 saturated carbocycles. The van der Waals surface area contributed by atoms with Crippen molar-refractivity contribution in [2.24, 2.45) is 0 Å². The fourth-order valence-electron chi connectivity index (χ4n) is 1.83. The van der Waals surface area contributed by atoms with Gasteiger partial charge >= 0.3 is 0 Å². The minimum Gasteiger partial charge on any atom is -0.507 e. The highest BCUT2D eigenvalue weighted by molar-refractivity contribution is 6.06. The van der Waals surface area contributed by atoms with Crippen LogP contribution in [0, 0.1) is 18.3 Å².